The number of rotatable bonds is 5. The Kier molecular flexibility index (Phi) is 5.25. The Morgan fingerprint density at radius 1 is 1.00 bits per heavy atom. The average molecular weight is 422 g/mol. The number of carbonyl (C=O) groups excluding carboxylic acids is 3. The van der Waals surface area contributed by atoms with E-state index in [4.69, 9.17) is 0 Å². The molecule has 3 aliphatic rings. The Hall–Kier alpha value is -3.10. The molecular formula is C22H26N6O3. The maximum atomic E-state index is 12.9. The second kappa shape index (κ2) is 8.20. The van der Waals surface area contributed by atoms with Gasteiger partial charge in [-0.1, -0.05) is 25.0 Å². The van der Waals surface area contributed by atoms with Crippen LogP contribution in [-0.4, -0.2) is 66.9 Å². The van der Waals surface area contributed by atoms with Gasteiger partial charge in [-0.05, 0) is 48.9 Å². The van der Waals surface area contributed by atoms with E-state index in [9.17, 15) is 14.4 Å². The number of benzene rings is 1. The summed E-state index contributed by atoms with van der Waals surface area (Å²) in [6, 6.07) is 7.16. The minimum atomic E-state index is -0.296. The molecule has 2 aromatic rings. The molecule has 31 heavy (non-hydrogen) atoms. The van der Waals surface area contributed by atoms with E-state index < -0.39 is 0 Å². The molecule has 1 aromatic carbocycles. The summed E-state index contributed by atoms with van der Waals surface area (Å²) < 4.78 is 0. The third-order valence-electron chi connectivity index (χ3n) is 6.77. The number of nitrogens with zero attached hydrogens (tertiary/aromatic N) is 6. The van der Waals surface area contributed by atoms with Gasteiger partial charge in [0, 0.05) is 25.6 Å². The molecule has 1 aliphatic carbocycles. The van der Waals surface area contributed by atoms with Crippen LogP contribution in [0.15, 0.2) is 24.3 Å². The first-order valence-electron chi connectivity index (χ1n) is 11.1. The van der Waals surface area contributed by atoms with Gasteiger partial charge in [-0.15, -0.1) is 10.2 Å². The van der Waals surface area contributed by atoms with Gasteiger partial charge in [-0.3, -0.25) is 19.3 Å². The van der Waals surface area contributed by atoms with Crippen molar-refractivity contribution in [3.05, 3.63) is 41.2 Å². The van der Waals surface area contributed by atoms with Crippen LogP contribution in [0, 0.1) is 5.92 Å². The monoisotopic (exact) mass is 422 g/mol. The van der Waals surface area contributed by atoms with Crippen LogP contribution in [0.3, 0.4) is 0 Å². The van der Waals surface area contributed by atoms with Crippen molar-refractivity contribution in [2.24, 2.45) is 5.92 Å². The van der Waals surface area contributed by atoms with E-state index in [-0.39, 0.29) is 30.8 Å². The van der Waals surface area contributed by atoms with Crippen LogP contribution < -0.4 is 0 Å². The van der Waals surface area contributed by atoms with E-state index in [0.717, 1.165) is 19.4 Å². The van der Waals surface area contributed by atoms with Crippen molar-refractivity contribution in [2.45, 2.75) is 57.5 Å². The van der Waals surface area contributed by atoms with Gasteiger partial charge in [-0.25, -0.2) is 0 Å². The molecule has 3 amide bonds. The minimum absolute atomic E-state index is 0.0425. The first-order chi connectivity index (χ1) is 15.1. The van der Waals surface area contributed by atoms with Gasteiger partial charge in [0.1, 0.15) is 6.54 Å². The van der Waals surface area contributed by atoms with Crippen molar-refractivity contribution in [3.8, 4) is 0 Å². The molecule has 2 atom stereocenters. The average Bonchev–Trinajstić information content (AvgIpc) is 3.34. The predicted molar refractivity (Wildman–Crippen MR) is 110 cm³/mol. The molecule has 0 N–H and O–H groups in total. The SMILES string of the molecule is O=C1c2ccccc2C(=O)N1CCc1nnn(CC(=O)N2CCC[C@@H]3CCCC[C@@H]32)n1. The van der Waals surface area contributed by atoms with Crippen molar-refractivity contribution in [1.82, 2.24) is 30.0 Å². The summed E-state index contributed by atoms with van der Waals surface area (Å²) in [6.07, 6.45) is 7.35. The fourth-order valence-corrected chi connectivity index (χ4v) is 5.24. The molecule has 2 aliphatic heterocycles. The summed E-state index contributed by atoms with van der Waals surface area (Å²) in [5, 5.41) is 12.3. The fraction of sp³-hybridized carbons (Fsp3) is 0.545. The predicted octanol–water partition coefficient (Wildman–Crippen LogP) is 1.69. The third-order valence-corrected chi connectivity index (χ3v) is 6.77. The maximum absolute atomic E-state index is 12.9. The number of hydrogen-bond acceptors (Lipinski definition) is 6. The first-order valence-corrected chi connectivity index (χ1v) is 11.1. The Bertz CT molecular complexity index is 981. The van der Waals surface area contributed by atoms with Crippen LogP contribution in [0.5, 0.6) is 0 Å². The van der Waals surface area contributed by atoms with Crippen molar-refractivity contribution < 1.29 is 14.4 Å². The Morgan fingerprint density at radius 2 is 1.71 bits per heavy atom. The Labute approximate surface area is 180 Å². The summed E-state index contributed by atoms with van der Waals surface area (Å²) in [5.41, 5.74) is 0.856. The number of likely N-dealkylation sites (tertiary alicyclic amines) is 1. The van der Waals surface area contributed by atoms with Crippen LogP contribution in [0.2, 0.25) is 0 Å². The summed E-state index contributed by atoms with van der Waals surface area (Å²) in [7, 11) is 0. The third kappa shape index (κ3) is 3.73. The number of hydrogen-bond donors (Lipinski definition) is 0. The Balaban J connectivity index is 1.19. The quantitative estimate of drug-likeness (QED) is 0.680. The van der Waals surface area contributed by atoms with Crippen molar-refractivity contribution in [1.29, 1.82) is 0 Å². The molecule has 9 heteroatoms. The van der Waals surface area contributed by atoms with E-state index in [0.29, 0.717) is 35.3 Å². The second-order valence-electron chi connectivity index (χ2n) is 8.63. The second-order valence-corrected chi connectivity index (χ2v) is 8.63. The molecule has 0 spiro atoms. The largest absolute Gasteiger partial charge is 0.338 e. The van der Waals surface area contributed by atoms with E-state index in [1.165, 1.54) is 35.4 Å². The lowest BCUT2D eigenvalue weighted by Gasteiger charge is -2.44. The number of imide groups is 1. The number of carbonyl (C=O) groups is 3. The molecule has 0 unspecified atom stereocenters. The molecule has 1 saturated heterocycles. The lowest BCUT2D eigenvalue weighted by Crippen LogP contribution is -2.50. The highest BCUT2D eigenvalue weighted by Gasteiger charge is 2.36. The number of tetrazole rings is 1. The minimum Gasteiger partial charge on any atom is -0.338 e. The fourth-order valence-electron chi connectivity index (χ4n) is 5.24. The highest BCUT2D eigenvalue weighted by molar-refractivity contribution is 6.21. The van der Waals surface area contributed by atoms with E-state index in [1.807, 2.05) is 4.90 Å². The van der Waals surface area contributed by atoms with E-state index in [1.54, 1.807) is 24.3 Å². The first kappa shape index (κ1) is 19.8. The molecule has 2 fully saturated rings. The molecule has 9 nitrogen and oxygen atoms in total. The van der Waals surface area contributed by atoms with Crippen molar-refractivity contribution in [3.63, 3.8) is 0 Å². The number of amides is 3. The summed E-state index contributed by atoms with van der Waals surface area (Å²) in [4.78, 5) is 42.4. The smallest absolute Gasteiger partial charge is 0.261 e. The summed E-state index contributed by atoms with van der Waals surface area (Å²) in [5.74, 6) is 0.496. The van der Waals surface area contributed by atoms with Gasteiger partial charge in [0.2, 0.25) is 5.91 Å². The van der Waals surface area contributed by atoms with Gasteiger partial charge in [0.15, 0.2) is 5.82 Å². The highest BCUT2D eigenvalue weighted by Crippen LogP contribution is 2.35. The van der Waals surface area contributed by atoms with Gasteiger partial charge < -0.3 is 4.90 Å². The van der Waals surface area contributed by atoms with Gasteiger partial charge >= 0.3 is 0 Å². The van der Waals surface area contributed by atoms with Crippen molar-refractivity contribution >= 4 is 17.7 Å². The molecule has 162 valence electrons. The molecular weight excluding hydrogens is 396 g/mol. The zero-order chi connectivity index (χ0) is 21.4. The van der Waals surface area contributed by atoms with Crippen LogP contribution in [-0.2, 0) is 17.8 Å². The molecule has 5 rings (SSSR count). The lowest BCUT2D eigenvalue weighted by atomic mass is 9.78. The molecule has 0 bridgehead atoms. The summed E-state index contributed by atoms with van der Waals surface area (Å²) >= 11 is 0. The zero-order valence-corrected chi connectivity index (χ0v) is 17.4. The highest BCUT2D eigenvalue weighted by atomic mass is 16.2. The van der Waals surface area contributed by atoms with Gasteiger partial charge in [0.25, 0.3) is 11.8 Å². The standard InChI is InChI=1S/C22H26N6O3/c29-20(26-12-5-7-15-6-1-4-10-18(15)26)14-28-24-19(23-25-28)11-13-27-21(30)16-8-2-3-9-17(16)22(27)31/h2-3,8-9,15,18H,1,4-7,10-14H2/t15-,18-/m0/s1. The number of fused-ring (bicyclic) bond motifs is 2. The van der Waals surface area contributed by atoms with Gasteiger partial charge in [0.05, 0.1) is 11.1 Å². The normalized spacial score (nSPS) is 23.1. The molecule has 3 heterocycles. The van der Waals surface area contributed by atoms with Crippen LogP contribution in [0.25, 0.3) is 0 Å². The molecule has 1 aromatic heterocycles. The maximum Gasteiger partial charge on any atom is 0.261 e. The Morgan fingerprint density at radius 3 is 2.48 bits per heavy atom. The van der Waals surface area contributed by atoms with E-state index in [2.05, 4.69) is 15.4 Å². The molecule has 1 saturated carbocycles. The van der Waals surface area contributed by atoms with Crippen LogP contribution in [0.1, 0.15) is 65.1 Å². The summed E-state index contributed by atoms with van der Waals surface area (Å²) in [6.45, 7) is 1.06. The lowest BCUT2D eigenvalue weighted by molar-refractivity contribution is -0.138. The van der Waals surface area contributed by atoms with Gasteiger partial charge in [-0.2, -0.15) is 4.80 Å². The van der Waals surface area contributed by atoms with Crippen molar-refractivity contribution in [2.75, 3.05) is 13.1 Å². The zero-order valence-electron chi connectivity index (χ0n) is 17.4. The number of aromatic nitrogens is 4. The molecule has 0 radical (unpaired) electrons. The topological polar surface area (TPSA) is 101 Å². The number of piperidine rings is 1. The van der Waals surface area contributed by atoms with Crippen LogP contribution in [0.4, 0.5) is 0 Å². The van der Waals surface area contributed by atoms with Crippen LogP contribution >= 0.6 is 0 Å². The van der Waals surface area contributed by atoms with E-state index >= 15 is 0 Å².